The van der Waals surface area contributed by atoms with Crippen LogP contribution in [0, 0.1) is 11.3 Å². The first-order chi connectivity index (χ1) is 9.15. The molecule has 0 unspecified atom stereocenters. The normalized spacial score (nSPS) is 9.74. The summed E-state index contributed by atoms with van der Waals surface area (Å²) in [5.74, 6) is 0.368. The van der Waals surface area contributed by atoms with Gasteiger partial charge in [-0.05, 0) is 24.3 Å². The standard InChI is InChI=1S/C13H12N4O2/c1-17-13(18)12(11(19-2)8-15-17)16-10-5-3-9(7-14)4-6-10/h3-6,8,16H,1-2H3. The average molecular weight is 256 g/mol. The number of nitrogens with one attached hydrogen (secondary N) is 1. The first-order valence-electron chi connectivity index (χ1n) is 5.53. The van der Waals surface area contributed by atoms with Crippen molar-refractivity contribution >= 4 is 11.4 Å². The second kappa shape index (κ2) is 5.23. The van der Waals surface area contributed by atoms with Gasteiger partial charge in [-0.2, -0.15) is 10.4 Å². The van der Waals surface area contributed by atoms with Crippen LogP contribution in [0.1, 0.15) is 5.56 Å². The maximum atomic E-state index is 12.0. The lowest BCUT2D eigenvalue weighted by molar-refractivity contribution is 0.410. The highest BCUT2D eigenvalue weighted by atomic mass is 16.5. The van der Waals surface area contributed by atoms with Crippen LogP contribution < -0.4 is 15.6 Å². The molecule has 0 fully saturated rings. The van der Waals surface area contributed by atoms with Gasteiger partial charge in [0, 0.05) is 12.7 Å². The summed E-state index contributed by atoms with van der Waals surface area (Å²) in [6.45, 7) is 0. The summed E-state index contributed by atoms with van der Waals surface area (Å²) < 4.78 is 6.32. The second-order valence-corrected chi connectivity index (χ2v) is 3.83. The zero-order valence-electron chi connectivity index (χ0n) is 10.5. The fourth-order valence-electron chi connectivity index (χ4n) is 1.57. The Morgan fingerprint density at radius 3 is 2.63 bits per heavy atom. The Kier molecular flexibility index (Phi) is 3.48. The number of nitrogens with zero attached hydrogens (tertiary/aromatic N) is 3. The van der Waals surface area contributed by atoms with Gasteiger partial charge in [-0.1, -0.05) is 0 Å². The van der Waals surface area contributed by atoms with Crippen LogP contribution in [0.15, 0.2) is 35.3 Å². The van der Waals surface area contributed by atoms with Crippen molar-refractivity contribution in [3.63, 3.8) is 0 Å². The number of aromatic nitrogens is 2. The van der Waals surface area contributed by atoms with Crippen LogP contribution in [0.5, 0.6) is 5.75 Å². The molecule has 19 heavy (non-hydrogen) atoms. The van der Waals surface area contributed by atoms with Gasteiger partial charge >= 0.3 is 0 Å². The van der Waals surface area contributed by atoms with Gasteiger partial charge in [-0.15, -0.1) is 0 Å². The predicted molar refractivity (Wildman–Crippen MR) is 70.5 cm³/mol. The minimum Gasteiger partial charge on any atom is -0.493 e. The molecule has 0 amide bonds. The lowest BCUT2D eigenvalue weighted by atomic mass is 10.2. The van der Waals surface area contributed by atoms with Gasteiger partial charge in [0.1, 0.15) is 0 Å². The maximum Gasteiger partial charge on any atom is 0.294 e. The van der Waals surface area contributed by atoms with E-state index >= 15 is 0 Å². The van der Waals surface area contributed by atoms with Crippen LogP contribution in [0.2, 0.25) is 0 Å². The molecule has 6 nitrogen and oxygen atoms in total. The molecule has 1 N–H and O–H groups in total. The van der Waals surface area contributed by atoms with Crippen molar-refractivity contribution in [1.29, 1.82) is 5.26 Å². The SMILES string of the molecule is COc1cnn(C)c(=O)c1Nc1ccc(C#N)cc1. The molecule has 0 radical (unpaired) electrons. The first kappa shape index (κ1) is 12.6. The van der Waals surface area contributed by atoms with Crippen molar-refractivity contribution in [2.45, 2.75) is 0 Å². The van der Waals surface area contributed by atoms with Gasteiger partial charge in [0.15, 0.2) is 11.4 Å². The van der Waals surface area contributed by atoms with Crippen LogP contribution in [0.25, 0.3) is 0 Å². The first-order valence-corrected chi connectivity index (χ1v) is 5.53. The molecule has 0 saturated carbocycles. The van der Waals surface area contributed by atoms with E-state index in [0.717, 1.165) is 0 Å². The molecular weight excluding hydrogens is 244 g/mol. The Hall–Kier alpha value is -2.81. The third-order valence-electron chi connectivity index (χ3n) is 2.61. The Bertz CT molecular complexity index is 683. The highest BCUT2D eigenvalue weighted by molar-refractivity contribution is 5.65. The highest BCUT2D eigenvalue weighted by Gasteiger charge is 2.10. The topological polar surface area (TPSA) is 79.9 Å². The fourth-order valence-corrected chi connectivity index (χ4v) is 1.57. The van der Waals surface area contributed by atoms with Crippen LogP contribution in [0.4, 0.5) is 11.4 Å². The number of methoxy groups -OCH3 is 1. The summed E-state index contributed by atoms with van der Waals surface area (Å²) in [6, 6.07) is 8.81. The molecule has 0 spiro atoms. The molecular formula is C13H12N4O2. The molecule has 0 aliphatic rings. The minimum atomic E-state index is -0.288. The summed E-state index contributed by atoms with van der Waals surface area (Å²) in [4.78, 5) is 12.0. The summed E-state index contributed by atoms with van der Waals surface area (Å²) >= 11 is 0. The summed E-state index contributed by atoms with van der Waals surface area (Å²) in [5, 5.41) is 15.6. The van der Waals surface area contributed by atoms with Crippen molar-refractivity contribution in [3.8, 4) is 11.8 Å². The zero-order valence-corrected chi connectivity index (χ0v) is 10.5. The predicted octanol–water partition coefficient (Wildman–Crippen LogP) is 1.40. The van der Waals surface area contributed by atoms with E-state index in [4.69, 9.17) is 10.00 Å². The number of nitriles is 1. The zero-order chi connectivity index (χ0) is 13.8. The van der Waals surface area contributed by atoms with Crippen molar-refractivity contribution in [3.05, 3.63) is 46.4 Å². The van der Waals surface area contributed by atoms with E-state index in [0.29, 0.717) is 22.7 Å². The van der Waals surface area contributed by atoms with E-state index in [1.165, 1.54) is 18.0 Å². The fraction of sp³-hybridized carbons (Fsp3) is 0.154. The maximum absolute atomic E-state index is 12.0. The van der Waals surface area contributed by atoms with E-state index in [9.17, 15) is 4.79 Å². The lowest BCUT2D eigenvalue weighted by Gasteiger charge is -2.10. The van der Waals surface area contributed by atoms with Gasteiger partial charge in [0.2, 0.25) is 0 Å². The average Bonchev–Trinajstić information content (AvgIpc) is 2.45. The van der Waals surface area contributed by atoms with E-state index in [1.807, 2.05) is 6.07 Å². The highest BCUT2D eigenvalue weighted by Crippen LogP contribution is 2.22. The van der Waals surface area contributed by atoms with Crippen LogP contribution >= 0.6 is 0 Å². The molecule has 0 saturated heterocycles. The molecule has 2 rings (SSSR count). The van der Waals surface area contributed by atoms with E-state index in [1.54, 1.807) is 31.3 Å². The molecule has 2 aromatic rings. The molecule has 1 heterocycles. The lowest BCUT2D eigenvalue weighted by Crippen LogP contribution is -2.22. The Balaban J connectivity index is 2.40. The van der Waals surface area contributed by atoms with Crippen LogP contribution in [0.3, 0.4) is 0 Å². The van der Waals surface area contributed by atoms with Crippen molar-refractivity contribution in [1.82, 2.24) is 9.78 Å². The van der Waals surface area contributed by atoms with Crippen molar-refractivity contribution in [2.75, 3.05) is 12.4 Å². The second-order valence-electron chi connectivity index (χ2n) is 3.83. The Morgan fingerprint density at radius 1 is 1.37 bits per heavy atom. The number of anilines is 2. The number of benzene rings is 1. The number of aryl methyl sites for hydroxylation is 1. The van der Waals surface area contributed by atoms with E-state index in [-0.39, 0.29) is 5.56 Å². The molecule has 0 aliphatic heterocycles. The third-order valence-corrected chi connectivity index (χ3v) is 2.61. The molecule has 0 atom stereocenters. The van der Waals surface area contributed by atoms with Crippen molar-refractivity contribution in [2.24, 2.45) is 7.05 Å². The molecule has 1 aromatic carbocycles. The minimum absolute atomic E-state index is 0.288. The summed E-state index contributed by atoms with van der Waals surface area (Å²) in [7, 11) is 3.03. The van der Waals surface area contributed by atoms with Crippen molar-refractivity contribution < 1.29 is 4.74 Å². The van der Waals surface area contributed by atoms with Gasteiger partial charge in [-0.3, -0.25) is 4.79 Å². The van der Waals surface area contributed by atoms with Crippen LogP contribution in [-0.2, 0) is 7.05 Å². The molecule has 96 valence electrons. The smallest absolute Gasteiger partial charge is 0.294 e. The van der Waals surface area contributed by atoms with E-state index in [2.05, 4.69) is 10.4 Å². The van der Waals surface area contributed by atoms with Crippen LogP contribution in [-0.4, -0.2) is 16.9 Å². The quantitative estimate of drug-likeness (QED) is 0.898. The summed E-state index contributed by atoms with van der Waals surface area (Å²) in [6.07, 6.45) is 1.47. The molecule has 6 heteroatoms. The Morgan fingerprint density at radius 2 is 2.05 bits per heavy atom. The molecule has 1 aromatic heterocycles. The molecule has 0 aliphatic carbocycles. The largest absolute Gasteiger partial charge is 0.493 e. The number of hydrogen-bond acceptors (Lipinski definition) is 5. The van der Waals surface area contributed by atoms with Gasteiger partial charge < -0.3 is 10.1 Å². The van der Waals surface area contributed by atoms with Gasteiger partial charge in [-0.25, -0.2) is 4.68 Å². The number of rotatable bonds is 3. The summed E-state index contributed by atoms with van der Waals surface area (Å²) in [5.41, 5.74) is 1.27. The Labute approximate surface area is 109 Å². The van der Waals surface area contributed by atoms with E-state index < -0.39 is 0 Å². The molecule has 0 bridgehead atoms. The number of hydrogen-bond donors (Lipinski definition) is 1. The monoisotopic (exact) mass is 256 g/mol. The third kappa shape index (κ3) is 2.55. The number of ether oxygens (including phenoxy) is 1. The van der Waals surface area contributed by atoms with Gasteiger partial charge in [0.25, 0.3) is 5.56 Å². The van der Waals surface area contributed by atoms with Gasteiger partial charge in [0.05, 0.1) is 24.9 Å².